The Kier molecular flexibility index (Phi) is 6.37. The van der Waals surface area contributed by atoms with Gasteiger partial charge < -0.3 is 4.74 Å². The second-order valence-electron chi connectivity index (χ2n) is 3.92. The van der Waals surface area contributed by atoms with E-state index in [4.69, 9.17) is 21.6 Å². The monoisotopic (exact) mass is 328 g/mol. The highest BCUT2D eigenvalue weighted by atomic mass is 35.5. The van der Waals surface area contributed by atoms with Gasteiger partial charge in [0, 0.05) is 18.0 Å². The van der Waals surface area contributed by atoms with Crippen LogP contribution in [-0.2, 0) is 14.8 Å². The lowest BCUT2D eigenvalue weighted by atomic mass is 10.2. The van der Waals surface area contributed by atoms with Crippen molar-refractivity contribution in [2.75, 3.05) is 13.2 Å². The Morgan fingerprint density at radius 3 is 2.52 bits per heavy atom. The van der Waals surface area contributed by atoms with Crippen LogP contribution < -0.4 is 4.72 Å². The van der Waals surface area contributed by atoms with E-state index in [1.165, 1.54) is 24.3 Å². The number of hydrogen-bond donors (Lipinski definition) is 1. The van der Waals surface area contributed by atoms with E-state index in [0.29, 0.717) is 0 Å². The molecule has 0 saturated heterocycles. The van der Waals surface area contributed by atoms with Crippen molar-refractivity contribution in [2.24, 2.45) is 0 Å². The second kappa shape index (κ2) is 7.78. The van der Waals surface area contributed by atoms with Gasteiger partial charge in [0.2, 0.25) is 10.0 Å². The van der Waals surface area contributed by atoms with Crippen LogP contribution in [0.15, 0.2) is 40.8 Å². The molecule has 0 aliphatic carbocycles. The first kappa shape index (κ1) is 17.2. The molecule has 0 unspecified atom stereocenters. The zero-order valence-corrected chi connectivity index (χ0v) is 12.6. The summed E-state index contributed by atoms with van der Waals surface area (Å²) >= 11 is 5.47. The number of esters is 1. The van der Waals surface area contributed by atoms with E-state index in [1.54, 1.807) is 0 Å². The molecule has 0 aromatic heterocycles. The number of sulfonamides is 1. The summed E-state index contributed by atoms with van der Waals surface area (Å²) in [6, 6.07) is 7.05. The Hall–Kier alpha value is -1.88. The fourth-order valence-electron chi connectivity index (χ4n) is 1.32. The summed E-state index contributed by atoms with van der Waals surface area (Å²) in [6.45, 7) is 3.29. The number of nitrogens with one attached hydrogen (secondary N) is 1. The predicted octanol–water partition coefficient (Wildman–Crippen LogP) is 1.79. The zero-order chi connectivity index (χ0) is 15.9. The highest BCUT2D eigenvalue weighted by Gasteiger charge is 2.14. The number of nitrogens with zero attached hydrogens (tertiary/aromatic N) is 1. The minimum atomic E-state index is -3.69. The maximum absolute atomic E-state index is 11.8. The van der Waals surface area contributed by atoms with Gasteiger partial charge in [-0.05, 0) is 24.3 Å². The highest BCUT2D eigenvalue weighted by molar-refractivity contribution is 7.89. The maximum Gasteiger partial charge on any atom is 0.338 e. The Morgan fingerprint density at radius 2 is 2.00 bits per heavy atom. The standard InChI is InChI=1S/C13H13ClN2O4S/c1-10(14)9-20-13(17)11-3-5-12(6-4-11)21(18,19)16-8-2-7-15/h3-6,16H,1-2,8-9H2. The molecular weight excluding hydrogens is 316 g/mol. The van der Waals surface area contributed by atoms with Crippen molar-refractivity contribution < 1.29 is 17.9 Å². The van der Waals surface area contributed by atoms with E-state index in [9.17, 15) is 13.2 Å². The van der Waals surface area contributed by atoms with Gasteiger partial charge in [-0.3, -0.25) is 0 Å². The summed E-state index contributed by atoms with van der Waals surface area (Å²) < 4.78 is 30.8. The number of carbonyl (C=O) groups excluding carboxylic acids is 1. The smallest absolute Gasteiger partial charge is 0.338 e. The normalized spacial score (nSPS) is 10.7. The van der Waals surface area contributed by atoms with Crippen molar-refractivity contribution in [2.45, 2.75) is 11.3 Å². The number of ether oxygens (including phenoxy) is 1. The third-order valence-corrected chi connectivity index (χ3v) is 3.88. The lowest BCUT2D eigenvalue weighted by Crippen LogP contribution is -2.24. The molecule has 1 N–H and O–H groups in total. The molecule has 0 amide bonds. The Morgan fingerprint density at radius 1 is 1.38 bits per heavy atom. The first-order chi connectivity index (χ1) is 9.86. The van der Waals surface area contributed by atoms with Gasteiger partial charge in [-0.1, -0.05) is 18.2 Å². The lowest BCUT2D eigenvalue weighted by molar-refractivity contribution is 0.0546. The Labute approximate surface area is 128 Å². The van der Waals surface area contributed by atoms with E-state index in [-0.39, 0.29) is 35.1 Å². The SMILES string of the molecule is C=C(Cl)COC(=O)c1ccc(S(=O)(=O)NCCC#N)cc1. The molecule has 6 nitrogen and oxygen atoms in total. The molecule has 8 heteroatoms. The quantitative estimate of drug-likeness (QED) is 0.608. The van der Waals surface area contributed by atoms with Crippen LogP contribution in [-0.4, -0.2) is 27.5 Å². The molecule has 1 aromatic rings. The summed E-state index contributed by atoms with van der Waals surface area (Å²) in [6.07, 6.45) is 0.0753. The van der Waals surface area contributed by atoms with E-state index in [0.717, 1.165) is 0 Å². The molecule has 0 radical (unpaired) electrons. The number of hydrogen-bond acceptors (Lipinski definition) is 5. The molecule has 0 spiro atoms. The van der Waals surface area contributed by atoms with E-state index < -0.39 is 16.0 Å². The molecule has 0 fully saturated rings. The molecule has 0 atom stereocenters. The Balaban J connectivity index is 2.76. The summed E-state index contributed by atoms with van der Waals surface area (Å²) in [5.74, 6) is -0.627. The largest absolute Gasteiger partial charge is 0.456 e. The van der Waals surface area contributed by atoms with Gasteiger partial charge in [0.1, 0.15) is 6.61 Å². The van der Waals surface area contributed by atoms with Gasteiger partial charge in [0.25, 0.3) is 0 Å². The van der Waals surface area contributed by atoms with Crippen LogP contribution in [0.2, 0.25) is 0 Å². The number of benzene rings is 1. The van der Waals surface area contributed by atoms with Gasteiger partial charge in [0.05, 0.1) is 16.5 Å². The number of carbonyl (C=O) groups is 1. The average Bonchev–Trinajstić information content (AvgIpc) is 2.45. The Bertz CT molecular complexity index is 662. The topological polar surface area (TPSA) is 96.3 Å². The van der Waals surface area contributed by atoms with Crippen molar-refractivity contribution in [3.8, 4) is 6.07 Å². The maximum atomic E-state index is 11.8. The van der Waals surface area contributed by atoms with Crippen LogP contribution in [0.3, 0.4) is 0 Å². The first-order valence-corrected chi connectivity index (χ1v) is 7.70. The third kappa shape index (κ3) is 5.55. The zero-order valence-electron chi connectivity index (χ0n) is 11.0. The molecule has 0 aliphatic rings. The number of halogens is 1. The van der Waals surface area contributed by atoms with Crippen LogP contribution in [0.1, 0.15) is 16.8 Å². The predicted molar refractivity (Wildman–Crippen MR) is 77.1 cm³/mol. The third-order valence-electron chi connectivity index (χ3n) is 2.29. The van der Waals surface area contributed by atoms with Crippen molar-refractivity contribution in [1.82, 2.24) is 4.72 Å². The van der Waals surface area contributed by atoms with Crippen molar-refractivity contribution in [3.05, 3.63) is 41.4 Å². The molecule has 0 saturated carbocycles. The fraction of sp³-hybridized carbons (Fsp3) is 0.231. The minimum Gasteiger partial charge on any atom is -0.456 e. The van der Waals surface area contributed by atoms with Crippen LogP contribution in [0.5, 0.6) is 0 Å². The summed E-state index contributed by atoms with van der Waals surface area (Å²) in [4.78, 5) is 11.6. The van der Waals surface area contributed by atoms with E-state index >= 15 is 0 Å². The molecule has 0 heterocycles. The van der Waals surface area contributed by atoms with Crippen LogP contribution in [0, 0.1) is 11.3 Å². The molecule has 21 heavy (non-hydrogen) atoms. The minimum absolute atomic E-state index is 0.00116. The average molecular weight is 329 g/mol. The second-order valence-corrected chi connectivity index (χ2v) is 6.23. The van der Waals surface area contributed by atoms with Crippen molar-refractivity contribution in [3.63, 3.8) is 0 Å². The number of rotatable bonds is 7. The summed E-state index contributed by atoms with van der Waals surface area (Å²) in [5.41, 5.74) is 0.198. The van der Waals surface area contributed by atoms with Gasteiger partial charge in [-0.25, -0.2) is 17.9 Å². The number of nitriles is 1. The molecule has 1 rings (SSSR count). The van der Waals surface area contributed by atoms with Crippen LogP contribution in [0.4, 0.5) is 0 Å². The van der Waals surface area contributed by atoms with Crippen LogP contribution in [0.25, 0.3) is 0 Å². The molecule has 0 aliphatic heterocycles. The van der Waals surface area contributed by atoms with Crippen molar-refractivity contribution in [1.29, 1.82) is 5.26 Å². The first-order valence-electron chi connectivity index (χ1n) is 5.84. The van der Waals surface area contributed by atoms with Gasteiger partial charge in [0.15, 0.2) is 0 Å². The molecule has 0 bridgehead atoms. The van der Waals surface area contributed by atoms with E-state index in [2.05, 4.69) is 11.3 Å². The van der Waals surface area contributed by atoms with Crippen molar-refractivity contribution >= 4 is 27.6 Å². The summed E-state index contributed by atoms with van der Waals surface area (Å²) in [5, 5.41) is 8.55. The van der Waals surface area contributed by atoms with Gasteiger partial charge in [-0.15, -0.1) is 0 Å². The van der Waals surface area contributed by atoms with Gasteiger partial charge >= 0.3 is 5.97 Å². The van der Waals surface area contributed by atoms with Gasteiger partial charge in [-0.2, -0.15) is 5.26 Å². The molecule has 1 aromatic carbocycles. The highest BCUT2D eigenvalue weighted by Crippen LogP contribution is 2.12. The van der Waals surface area contributed by atoms with Crippen LogP contribution >= 0.6 is 11.6 Å². The van der Waals surface area contributed by atoms with E-state index in [1.807, 2.05) is 6.07 Å². The molecule has 112 valence electrons. The fourth-order valence-corrected chi connectivity index (χ4v) is 2.41. The molecular formula is C13H13ClN2O4S. The summed E-state index contributed by atoms with van der Waals surface area (Å²) in [7, 11) is -3.69. The lowest BCUT2D eigenvalue weighted by Gasteiger charge is -2.06.